The Morgan fingerprint density at radius 1 is 1.32 bits per heavy atom. The van der Waals surface area contributed by atoms with Crippen LogP contribution in [0.25, 0.3) is 5.57 Å². The molecule has 0 aliphatic carbocycles. The topological polar surface area (TPSA) is 30.9 Å². The molecule has 3 heterocycles. The zero-order valence-electron chi connectivity index (χ0n) is 16.2. The highest BCUT2D eigenvalue weighted by molar-refractivity contribution is 6.31. The number of aryl methyl sites for hydroxylation is 1. The molecule has 148 valence electrons. The summed E-state index contributed by atoms with van der Waals surface area (Å²) < 4.78 is 14.9. The van der Waals surface area contributed by atoms with Crippen LogP contribution in [-0.4, -0.2) is 48.4 Å². The molecule has 0 spiro atoms. The number of benzene rings is 1. The van der Waals surface area contributed by atoms with Gasteiger partial charge in [0, 0.05) is 42.0 Å². The first-order valence-electron chi connectivity index (χ1n) is 9.88. The Morgan fingerprint density at radius 3 is 3.00 bits per heavy atom. The molecular formula is C22H26ClFN4. The predicted octanol–water partition coefficient (Wildman–Crippen LogP) is 4.19. The lowest BCUT2D eigenvalue weighted by Gasteiger charge is -2.28. The number of allylic oxidation sites excluding steroid dienone is 2. The van der Waals surface area contributed by atoms with Crippen molar-refractivity contribution in [1.29, 1.82) is 0 Å². The molecule has 0 aromatic heterocycles. The van der Waals surface area contributed by atoms with Crippen LogP contribution in [0.2, 0.25) is 5.02 Å². The smallest absolute Gasteiger partial charge is 0.132 e. The third-order valence-electron chi connectivity index (χ3n) is 5.86. The number of nitrogens with zero attached hydrogens (tertiary/aromatic N) is 3. The van der Waals surface area contributed by atoms with E-state index in [9.17, 15) is 4.39 Å². The van der Waals surface area contributed by atoms with E-state index in [0.717, 1.165) is 49.7 Å². The summed E-state index contributed by atoms with van der Waals surface area (Å²) in [5, 5.41) is 3.85. The Morgan fingerprint density at radius 2 is 2.18 bits per heavy atom. The van der Waals surface area contributed by atoms with Gasteiger partial charge < -0.3 is 10.2 Å². The lowest BCUT2D eigenvalue weighted by atomic mass is 9.97. The van der Waals surface area contributed by atoms with Crippen molar-refractivity contribution in [2.24, 2.45) is 4.99 Å². The van der Waals surface area contributed by atoms with Gasteiger partial charge in [-0.2, -0.15) is 0 Å². The Labute approximate surface area is 171 Å². The normalized spacial score (nSPS) is 25.6. The van der Waals surface area contributed by atoms with Gasteiger partial charge in [0.2, 0.25) is 0 Å². The zero-order chi connectivity index (χ0) is 19.7. The van der Waals surface area contributed by atoms with E-state index in [1.54, 1.807) is 6.08 Å². The fourth-order valence-electron chi connectivity index (χ4n) is 4.32. The van der Waals surface area contributed by atoms with Gasteiger partial charge in [-0.25, -0.2) is 4.39 Å². The van der Waals surface area contributed by atoms with Crippen molar-refractivity contribution in [3.63, 3.8) is 0 Å². The number of rotatable bonds is 1. The van der Waals surface area contributed by atoms with Crippen molar-refractivity contribution in [3.8, 4) is 0 Å². The predicted molar refractivity (Wildman–Crippen MR) is 114 cm³/mol. The van der Waals surface area contributed by atoms with Crippen LogP contribution >= 0.6 is 11.6 Å². The molecule has 28 heavy (non-hydrogen) atoms. The van der Waals surface area contributed by atoms with E-state index in [4.69, 9.17) is 16.6 Å². The number of aliphatic imine (C=N–C) groups is 1. The fourth-order valence-corrected chi connectivity index (χ4v) is 4.57. The number of hydrogen-bond acceptors (Lipinski definition) is 4. The molecule has 0 amide bonds. The van der Waals surface area contributed by atoms with Crippen LogP contribution in [0.1, 0.15) is 30.4 Å². The Bertz CT molecular complexity index is 874. The average molecular weight is 401 g/mol. The number of hydrogen-bond donors (Lipinski definition) is 1. The minimum absolute atomic E-state index is 0.339. The molecule has 4 bridgehead atoms. The van der Waals surface area contributed by atoms with E-state index < -0.39 is 0 Å². The largest absolute Gasteiger partial charge is 0.337 e. The quantitative estimate of drug-likeness (QED) is 0.766. The Kier molecular flexibility index (Phi) is 5.56. The molecular weight excluding hydrogens is 375 g/mol. The first-order valence-corrected chi connectivity index (χ1v) is 10.3. The summed E-state index contributed by atoms with van der Waals surface area (Å²) in [6.07, 6.45) is 9.86. The highest BCUT2D eigenvalue weighted by Crippen LogP contribution is 2.31. The molecule has 1 atom stereocenters. The monoisotopic (exact) mass is 400 g/mol. The maximum absolute atomic E-state index is 14.9. The van der Waals surface area contributed by atoms with Gasteiger partial charge in [0.1, 0.15) is 17.5 Å². The highest BCUT2D eigenvalue weighted by atomic mass is 35.5. The van der Waals surface area contributed by atoms with Crippen LogP contribution in [0.15, 0.2) is 47.9 Å². The van der Waals surface area contributed by atoms with Gasteiger partial charge in [0.05, 0.1) is 6.54 Å². The van der Waals surface area contributed by atoms with Gasteiger partial charge in [-0.15, -0.1) is 0 Å². The second-order valence-electron chi connectivity index (χ2n) is 7.58. The SMILES string of the molecule is C=C/C1=C2/NC(=NCCN3CCC[C@H]3CCc3cc1c(F)cc3Cl)C=CN2C. The molecule has 3 aliphatic rings. The summed E-state index contributed by atoms with van der Waals surface area (Å²) in [7, 11) is 1.92. The molecule has 0 saturated carbocycles. The second kappa shape index (κ2) is 8.10. The van der Waals surface area contributed by atoms with Crippen molar-refractivity contribution in [2.45, 2.75) is 31.7 Å². The summed E-state index contributed by atoms with van der Waals surface area (Å²) in [6, 6.07) is 3.86. The van der Waals surface area contributed by atoms with E-state index in [-0.39, 0.29) is 5.82 Å². The molecule has 1 N–H and O–H groups in total. The first kappa shape index (κ1) is 19.2. The third-order valence-corrected chi connectivity index (χ3v) is 6.21. The molecule has 4 nitrogen and oxygen atoms in total. The number of amidine groups is 1. The van der Waals surface area contributed by atoms with Gasteiger partial charge in [-0.05, 0) is 56.0 Å². The van der Waals surface area contributed by atoms with Crippen LogP contribution in [0.5, 0.6) is 0 Å². The molecule has 1 aromatic carbocycles. The van der Waals surface area contributed by atoms with Gasteiger partial charge >= 0.3 is 0 Å². The van der Waals surface area contributed by atoms with Crippen molar-refractivity contribution in [2.75, 3.05) is 26.7 Å². The van der Waals surface area contributed by atoms with Crippen LogP contribution in [0.4, 0.5) is 4.39 Å². The van der Waals surface area contributed by atoms with Crippen molar-refractivity contribution in [3.05, 3.63) is 64.9 Å². The molecule has 4 rings (SSSR count). The molecule has 1 fully saturated rings. The summed E-state index contributed by atoms with van der Waals surface area (Å²) in [6.45, 7) is 6.75. The zero-order valence-corrected chi connectivity index (χ0v) is 17.0. The van der Waals surface area contributed by atoms with Gasteiger partial charge in [0.25, 0.3) is 0 Å². The summed E-state index contributed by atoms with van der Waals surface area (Å²) in [5.74, 6) is 1.21. The van der Waals surface area contributed by atoms with Crippen LogP contribution < -0.4 is 5.32 Å². The molecule has 0 radical (unpaired) electrons. The molecule has 1 saturated heterocycles. The second-order valence-corrected chi connectivity index (χ2v) is 7.99. The lowest BCUT2D eigenvalue weighted by Crippen LogP contribution is -2.36. The molecule has 0 unspecified atom stereocenters. The van der Waals surface area contributed by atoms with Gasteiger partial charge in [-0.3, -0.25) is 9.89 Å². The van der Waals surface area contributed by atoms with Crippen molar-refractivity contribution >= 4 is 23.0 Å². The summed E-state index contributed by atoms with van der Waals surface area (Å²) >= 11 is 6.40. The fraction of sp³-hybridized carbons (Fsp3) is 0.409. The minimum atomic E-state index is -0.339. The first-order chi connectivity index (χ1) is 13.6. The molecule has 6 heteroatoms. The van der Waals surface area contributed by atoms with E-state index >= 15 is 0 Å². The van der Waals surface area contributed by atoms with Gasteiger partial charge in [0.15, 0.2) is 0 Å². The standard InChI is InChI=1S/C22H26ClFN4/c1-3-17-18-13-15(19(23)14-20(18)24)6-7-16-5-4-10-28(16)12-9-25-21-8-11-27(2)22(17)26-21/h3,8,11,13-14,16H,1,4-7,9-10,12H2,2H3,(H,25,26)/b22-17+/t16-/m0/s1. The number of halogens is 2. The summed E-state index contributed by atoms with van der Waals surface area (Å²) in [5.41, 5.74) is 2.21. The van der Waals surface area contributed by atoms with E-state index in [1.165, 1.54) is 18.9 Å². The number of nitrogens with one attached hydrogen (secondary N) is 1. The van der Waals surface area contributed by atoms with E-state index in [2.05, 4.69) is 16.8 Å². The maximum atomic E-state index is 14.9. The number of fused-ring (bicyclic) bond motifs is 5. The third kappa shape index (κ3) is 3.74. The van der Waals surface area contributed by atoms with E-state index in [1.807, 2.05) is 30.3 Å². The average Bonchev–Trinajstić information content (AvgIpc) is 3.12. The Balaban J connectivity index is 1.83. The highest BCUT2D eigenvalue weighted by Gasteiger charge is 2.25. The van der Waals surface area contributed by atoms with Crippen molar-refractivity contribution < 1.29 is 4.39 Å². The van der Waals surface area contributed by atoms with Crippen molar-refractivity contribution in [1.82, 2.24) is 15.1 Å². The minimum Gasteiger partial charge on any atom is -0.337 e. The van der Waals surface area contributed by atoms with Crippen LogP contribution in [0, 0.1) is 5.82 Å². The van der Waals surface area contributed by atoms with Crippen LogP contribution in [-0.2, 0) is 6.42 Å². The van der Waals surface area contributed by atoms with Gasteiger partial charge in [-0.1, -0.05) is 24.3 Å². The lowest BCUT2D eigenvalue weighted by molar-refractivity contribution is 0.250. The van der Waals surface area contributed by atoms with Crippen LogP contribution in [0.3, 0.4) is 0 Å². The summed E-state index contributed by atoms with van der Waals surface area (Å²) in [4.78, 5) is 9.18. The molecule has 3 aliphatic heterocycles. The molecule has 1 aromatic rings. The van der Waals surface area contributed by atoms with E-state index in [0.29, 0.717) is 22.2 Å². The maximum Gasteiger partial charge on any atom is 0.132 e. The Hall–Kier alpha value is -2.11.